The summed E-state index contributed by atoms with van der Waals surface area (Å²) < 4.78 is 35.3. The van der Waals surface area contributed by atoms with E-state index in [0.717, 1.165) is 5.56 Å². The second kappa shape index (κ2) is 9.30. The van der Waals surface area contributed by atoms with Crippen LogP contribution in [0.3, 0.4) is 0 Å². The van der Waals surface area contributed by atoms with Gasteiger partial charge in [0.05, 0.1) is 0 Å². The summed E-state index contributed by atoms with van der Waals surface area (Å²) in [5.74, 6) is -0.748. The van der Waals surface area contributed by atoms with Crippen molar-refractivity contribution in [2.24, 2.45) is 0 Å². The van der Waals surface area contributed by atoms with Crippen LogP contribution in [0.25, 0.3) is 0 Å². The van der Waals surface area contributed by atoms with Gasteiger partial charge in [0.15, 0.2) is 0 Å². The highest BCUT2D eigenvalue weighted by molar-refractivity contribution is 7.87. The summed E-state index contributed by atoms with van der Waals surface area (Å²) in [6, 6.07) is 11.8. The molecule has 0 heterocycles. The fourth-order valence-corrected chi connectivity index (χ4v) is 3.54. The molecule has 0 fully saturated rings. The van der Waals surface area contributed by atoms with Gasteiger partial charge in [0.1, 0.15) is 22.3 Å². The molecule has 0 aliphatic heterocycles. The van der Waals surface area contributed by atoms with Crippen LogP contribution in [-0.2, 0) is 30.9 Å². The van der Waals surface area contributed by atoms with E-state index >= 15 is 0 Å². The average molecular weight is 434 g/mol. The van der Waals surface area contributed by atoms with Gasteiger partial charge in [0, 0.05) is 13.3 Å². The molecule has 0 aliphatic carbocycles. The smallest absolute Gasteiger partial charge is 0.339 e. The Balaban J connectivity index is 2.12. The highest BCUT2D eigenvalue weighted by Crippen LogP contribution is 2.20. The van der Waals surface area contributed by atoms with E-state index in [0.29, 0.717) is 5.56 Å². The van der Waals surface area contributed by atoms with Gasteiger partial charge in [0.2, 0.25) is 5.91 Å². The van der Waals surface area contributed by atoms with Crippen LogP contribution in [0.4, 0.5) is 0 Å². The average Bonchev–Trinajstić information content (AvgIpc) is 2.61. The lowest BCUT2D eigenvalue weighted by atomic mass is 10.1. The maximum atomic E-state index is 12.4. The molecule has 0 bridgehead atoms. The lowest BCUT2D eigenvalue weighted by Gasteiger charge is -2.24. The minimum atomic E-state index is -3.95. The summed E-state index contributed by atoms with van der Waals surface area (Å²) in [6.45, 7) is 8.43. The van der Waals surface area contributed by atoms with E-state index in [4.69, 9.17) is 8.92 Å². The number of nitrogens with one attached hydrogen (secondary N) is 1. The summed E-state index contributed by atoms with van der Waals surface area (Å²) >= 11 is 0. The molecular weight excluding hydrogens is 406 g/mol. The van der Waals surface area contributed by atoms with Crippen molar-refractivity contribution in [2.75, 3.05) is 0 Å². The number of ether oxygens (including phenoxy) is 1. The van der Waals surface area contributed by atoms with Gasteiger partial charge in [-0.15, -0.1) is 0 Å². The van der Waals surface area contributed by atoms with Gasteiger partial charge in [-0.3, -0.25) is 4.79 Å². The zero-order valence-corrected chi connectivity index (χ0v) is 18.6. The van der Waals surface area contributed by atoms with Gasteiger partial charge in [-0.1, -0.05) is 29.8 Å². The number of hydrogen-bond donors (Lipinski definition) is 1. The molecule has 0 saturated carbocycles. The SMILES string of the molecule is CC(=O)NC(Cc1ccc(OS(=O)(=O)c2ccc(C)cc2)cc1)C(=O)OC(C)(C)C. The summed E-state index contributed by atoms with van der Waals surface area (Å²) in [4.78, 5) is 23.9. The molecule has 1 atom stereocenters. The van der Waals surface area contributed by atoms with Crippen molar-refractivity contribution >= 4 is 22.0 Å². The van der Waals surface area contributed by atoms with E-state index in [1.165, 1.54) is 31.2 Å². The van der Waals surface area contributed by atoms with Crippen LogP contribution in [0.15, 0.2) is 53.4 Å². The van der Waals surface area contributed by atoms with Crippen molar-refractivity contribution in [1.29, 1.82) is 0 Å². The first kappa shape index (κ1) is 23.4. The van der Waals surface area contributed by atoms with Crippen LogP contribution in [0.5, 0.6) is 5.75 Å². The minimum absolute atomic E-state index is 0.0628. The van der Waals surface area contributed by atoms with Crippen molar-refractivity contribution in [3.8, 4) is 5.75 Å². The molecule has 8 heteroatoms. The van der Waals surface area contributed by atoms with E-state index in [-0.39, 0.29) is 23.0 Å². The van der Waals surface area contributed by atoms with Crippen molar-refractivity contribution < 1.29 is 26.9 Å². The van der Waals surface area contributed by atoms with Crippen LogP contribution in [0, 0.1) is 6.92 Å². The van der Waals surface area contributed by atoms with Crippen molar-refractivity contribution in [1.82, 2.24) is 5.32 Å². The fourth-order valence-electron chi connectivity index (χ4n) is 2.61. The molecule has 2 aromatic carbocycles. The lowest BCUT2D eigenvalue weighted by molar-refractivity contribution is -0.158. The zero-order valence-electron chi connectivity index (χ0n) is 17.8. The van der Waals surface area contributed by atoms with Gasteiger partial charge in [-0.05, 0) is 57.5 Å². The van der Waals surface area contributed by atoms with Gasteiger partial charge < -0.3 is 14.2 Å². The number of amides is 1. The van der Waals surface area contributed by atoms with Crippen LogP contribution in [-0.4, -0.2) is 31.9 Å². The molecule has 2 rings (SSSR count). The number of rotatable bonds is 7. The maximum Gasteiger partial charge on any atom is 0.339 e. The number of carbonyl (C=O) groups is 2. The van der Waals surface area contributed by atoms with Crippen LogP contribution < -0.4 is 9.50 Å². The molecule has 0 radical (unpaired) electrons. The minimum Gasteiger partial charge on any atom is -0.458 e. The second-order valence-corrected chi connectivity index (χ2v) is 9.53. The van der Waals surface area contributed by atoms with Crippen molar-refractivity contribution in [3.05, 3.63) is 59.7 Å². The third-order valence-corrected chi connectivity index (χ3v) is 5.21. The van der Waals surface area contributed by atoms with E-state index in [1.54, 1.807) is 45.0 Å². The lowest BCUT2D eigenvalue weighted by Crippen LogP contribution is -2.44. The molecule has 0 saturated heterocycles. The van der Waals surface area contributed by atoms with Crippen LogP contribution in [0.1, 0.15) is 38.8 Å². The summed E-state index contributed by atoms with van der Waals surface area (Å²) in [5, 5.41) is 2.59. The molecule has 162 valence electrons. The topological polar surface area (TPSA) is 98.8 Å². The third kappa shape index (κ3) is 7.18. The molecule has 1 amide bonds. The number of benzene rings is 2. The first-order valence-corrected chi connectivity index (χ1v) is 10.9. The molecule has 2 aromatic rings. The second-order valence-electron chi connectivity index (χ2n) is 7.99. The first-order chi connectivity index (χ1) is 13.9. The Morgan fingerprint density at radius 2 is 1.57 bits per heavy atom. The zero-order chi connectivity index (χ0) is 22.5. The van der Waals surface area contributed by atoms with Gasteiger partial charge in [0.25, 0.3) is 0 Å². The fraction of sp³-hybridized carbons (Fsp3) is 0.364. The largest absolute Gasteiger partial charge is 0.458 e. The predicted molar refractivity (Wildman–Crippen MR) is 113 cm³/mol. The quantitative estimate of drug-likeness (QED) is 0.532. The normalized spacial score (nSPS) is 12.7. The molecule has 1 N–H and O–H groups in total. The molecular formula is C22H27NO6S. The molecule has 1 unspecified atom stereocenters. The monoisotopic (exact) mass is 433 g/mol. The Bertz CT molecular complexity index is 989. The van der Waals surface area contributed by atoms with E-state index in [2.05, 4.69) is 5.32 Å². The molecule has 30 heavy (non-hydrogen) atoms. The Labute approximate surface area is 177 Å². The first-order valence-electron chi connectivity index (χ1n) is 9.46. The highest BCUT2D eigenvalue weighted by atomic mass is 32.2. The Kier molecular flexibility index (Phi) is 7.25. The Hall–Kier alpha value is -2.87. The van der Waals surface area contributed by atoms with Gasteiger partial charge in [-0.2, -0.15) is 8.42 Å². The number of hydrogen-bond acceptors (Lipinski definition) is 6. The van der Waals surface area contributed by atoms with Crippen molar-refractivity contribution in [2.45, 2.75) is 57.6 Å². The highest BCUT2D eigenvalue weighted by Gasteiger charge is 2.26. The Morgan fingerprint density at radius 3 is 2.07 bits per heavy atom. The predicted octanol–water partition coefficient (Wildman–Crippen LogP) is 3.15. The maximum absolute atomic E-state index is 12.4. The summed E-state index contributed by atoms with van der Waals surface area (Å²) in [7, 11) is -3.95. The standard InChI is InChI=1S/C22H27NO6S/c1-15-6-12-19(13-7-15)30(26,27)29-18-10-8-17(9-11-18)14-20(23-16(2)24)21(25)28-22(3,4)5/h6-13,20H,14H2,1-5H3,(H,23,24). The van der Waals surface area contributed by atoms with Crippen LogP contribution >= 0.6 is 0 Å². The number of esters is 1. The Morgan fingerprint density at radius 1 is 1.00 bits per heavy atom. The van der Waals surface area contributed by atoms with E-state index < -0.39 is 27.7 Å². The summed E-state index contributed by atoms with van der Waals surface area (Å²) in [6.07, 6.45) is 0.194. The van der Waals surface area contributed by atoms with E-state index in [1.807, 2.05) is 6.92 Å². The molecule has 0 aromatic heterocycles. The number of aryl methyl sites for hydroxylation is 1. The molecule has 0 spiro atoms. The summed E-state index contributed by atoms with van der Waals surface area (Å²) in [5.41, 5.74) is 0.965. The van der Waals surface area contributed by atoms with Crippen LogP contribution in [0.2, 0.25) is 0 Å². The molecule has 7 nitrogen and oxygen atoms in total. The van der Waals surface area contributed by atoms with Crippen molar-refractivity contribution in [3.63, 3.8) is 0 Å². The third-order valence-electron chi connectivity index (χ3n) is 3.95. The van der Waals surface area contributed by atoms with Gasteiger partial charge in [-0.25, -0.2) is 4.79 Å². The van der Waals surface area contributed by atoms with E-state index in [9.17, 15) is 18.0 Å². The molecule has 0 aliphatic rings. The van der Waals surface area contributed by atoms with Gasteiger partial charge >= 0.3 is 16.1 Å². The number of carbonyl (C=O) groups excluding carboxylic acids is 2.